The van der Waals surface area contributed by atoms with Gasteiger partial charge >= 0.3 is 5.97 Å². The van der Waals surface area contributed by atoms with Crippen LogP contribution in [0.4, 0.5) is 0 Å². The number of aliphatic carboxylic acids is 1. The molecular formula is C13H15BrO3. The van der Waals surface area contributed by atoms with Crippen LogP contribution in [0.3, 0.4) is 0 Å². The number of hydrogen-bond donors (Lipinski definition) is 2. The van der Waals surface area contributed by atoms with Crippen LogP contribution >= 0.6 is 15.9 Å². The van der Waals surface area contributed by atoms with Gasteiger partial charge in [0.05, 0.1) is 9.89 Å². The van der Waals surface area contributed by atoms with Crippen LogP contribution in [0.1, 0.15) is 36.0 Å². The van der Waals surface area contributed by atoms with Crippen LogP contribution in [0, 0.1) is 13.8 Å². The molecule has 1 aromatic carbocycles. The molecule has 17 heavy (non-hydrogen) atoms. The van der Waals surface area contributed by atoms with E-state index in [1.54, 1.807) is 6.07 Å². The molecule has 4 heteroatoms. The first-order valence-corrected chi connectivity index (χ1v) is 6.42. The summed E-state index contributed by atoms with van der Waals surface area (Å²) in [5, 5.41) is 19.2. The zero-order valence-corrected chi connectivity index (χ0v) is 11.5. The van der Waals surface area contributed by atoms with E-state index in [-0.39, 0.29) is 5.75 Å². The van der Waals surface area contributed by atoms with E-state index in [9.17, 15) is 15.0 Å². The lowest BCUT2D eigenvalue weighted by atomic mass is 9.62. The first-order valence-electron chi connectivity index (χ1n) is 5.62. The molecule has 1 aromatic rings. The number of phenolic OH excluding ortho intramolecular Hbond substituents is 1. The zero-order valence-electron chi connectivity index (χ0n) is 9.88. The van der Waals surface area contributed by atoms with Gasteiger partial charge in [0.1, 0.15) is 5.75 Å². The third-order valence-electron chi connectivity index (χ3n) is 3.77. The summed E-state index contributed by atoms with van der Waals surface area (Å²) in [5.41, 5.74) is 1.81. The second kappa shape index (κ2) is 4.02. The molecule has 0 atom stereocenters. The molecule has 3 nitrogen and oxygen atoms in total. The molecule has 0 spiro atoms. The molecule has 1 fully saturated rings. The first-order chi connectivity index (χ1) is 7.90. The maximum Gasteiger partial charge on any atom is 0.314 e. The number of rotatable bonds is 2. The Labute approximate surface area is 109 Å². The Kier molecular flexibility index (Phi) is 2.94. The van der Waals surface area contributed by atoms with Crippen LogP contribution in [0.5, 0.6) is 5.75 Å². The highest BCUT2D eigenvalue weighted by Gasteiger charge is 2.48. The number of halogens is 1. The molecule has 1 aliphatic rings. The van der Waals surface area contributed by atoms with E-state index in [2.05, 4.69) is 15.9 Å². The summed E-state index contributed by atoms with van der Waals surface area (Å²) < 4.78 is 0.602. The third kappa shape index (κ3) is 1.66. The molecule has 2 rings (SSSR count). The third-order valence-corrected chi connectivity index (χ3v) is 4.77. The van der Waals surface area contributed by atoms with Crippen molar-refractivity contribution in [1.82, 2.24) is 0 Å². The van der Waals surface area contributed by atoms with Gasteiger partial charge in [0.2, 0.25) is 0 Å². The van der Waals surface area contributed by atoms with E-state index in [4.69, 9.17) is 0 Å². The molecule has 0 heterocycles. The lowest BCUT2D eigenvalue weighted by molar-refractivity contribution is -0.147. The van der Waals surface area contributed by atoms with E-state index >= 15 is 0 Å². The molecule has 0 amide bonds. The van der Waals surface area contributed by atoms with Crippen molar-refractivity contribution in [3.05, 3.63) is 27.2 Å². The molecule has 1 saturated carbocycles. The van der Waals surface area contributed by atoms with Crippen LogP contribution in [0.25, 0.3) is 0 Å². The van der Waals surface area contributed by atoms with Crippen LogP contribution in [0.2, 0.25) is 0 Å². The number of aromatic hydroxyl groups is 1. The highest BCUT2D eigenvalue weighted by Crippen LogP contribution is 2.48. The first kappa shape index (κ1) is 12.4. The summed E-state index contributed by atoms with van der Waals surface area (Å²) >= 11 is 3.32. The monoisotopic (exact) mass is 298 g/mol. The van der Waals surface area contributed by atoms with Gasteiger partial charge in [-0.3, -0.25) is 4.79 Å². The van der Waals surface area contributed by atoms with Gasteiger partial charge in [0.15, 0.2) is 0 Å². The van der Waals surface area contributed by atoms with Gasteiger partial charge in [-0.05, 0) is 65.4 Å². The summed E-state index contributed by atoms with van der Waals surface area (Å²) in [6.07, 6.45) is 2.31. The van der Waals surface area contributed by atoms with E-state index in [0.717, 1.165) is 23.1 Å². The summed E-state index contributed by atoms with van der Waals surface area (Å²) in [5.74, 6) is -0.587. The molecule has 0 aromatic heterocycles. The van der Waals surface area contributed by atoms with Crippen LogP contribution in [0.15, 0.2) is 10.5 Å². The van der Waals surface area contributed by atoms with E-state index in [1.807, 2.05) is 13.8 Å². The van der Waals surface area contributed by atoms with Crippen LogP contribution in [-0.4, -0.2) is 16.2 Å². The Morgan fingerprint density at radius 2 is 2.00 bits per heavy atom. The van der Waals surface area contributed by atoms with Gasteiger partial charge in [-0.25, -0.2) is 0 Å². The fraction of sp³-hybridized carbons (Fsp3) is 0.462. The fourth-order valence-corrected chi connectivity index (χ4v) is 3.09. The SMILES string of the molecule is Cc1cc(O)c(Br)c(C)c1C1(C(=O)O)CCC1. The molecular weight excluding hydrogens is 284 g/mol. The number of aryl methyl sites for hydroxylation is 1. The highest BCUT2D eigenvalue weighted by molar-refractivity contribution is 9.10. The Balaban J connectivity index is 2.67. The Hall–Kier alpha value is -1.03. The Morgan fingerprint density at radius 3 is 2.41 bits per heavy atom. The number of hydrogen-bond acceptors (Lipinski definition) is 2. The topological polar surface area (TPSA) is 57.5 Å². The number of phenols is 1. The molecule has 0 radical (unpaired) electrons. The molecule has 0 saturated heterocycles. The Morgan fingerprint density at radius 1 is 1.41 bits per heavy atom. The average Bonchev–Trinajstić information content (AvgIpc) is 2.17. The van der Waals surface area contributed by atoms with Gasteiger partial charge in [-0.1, -0.05) is 6.42 Å². The predicted molar refractivity (Wildman–Crippen MR) is 68.4 cm³/mol. The number of carboxylic acid groups (broad SMARTS) is 1. The van der Waals surface area contributed by atoms with Crippen molar-refractivity contribution in [2.24, 2.45) is 0 Å². The smallest absolute Gasteiger partial charge is 0.314 e. The summed E-state index contributed by atoms with van der Waals surface area (Å²) in [6, 6.07) is 1.63. The van der Waals surface area contributed by atoms with Crippen molar-refractivity contribution in [3.63, 3.8) is 0 Å². The normalized spacial score (nSPS) is 17.6. The minimum absolute atomic E-state index is 0.170. The van der Waals surface area contributed by atoms with E-state index in [1.165, 1.54) is 0 Å². The van der Waals surface area contributed by atoms with Crippen molar-refractivity contribution in [2.45, 2.75) is 38.5 Å². The molecule has 0 aliphatic heterocycles. The molecule has 1 aliphatic carbocycles. The van der Waals surface area contributed by atoms with Gasteiger partial charge in [-0.15, -0.1) is 0 Å². The Bertz CT molecular complexity index is 490. The minimum Gasteiger partial charge on any atom is -0.507 e. The van der Waals surface area contributed by atoms with Crippen LogP contribution in [-0.2, 0) is 10.2 Å². The lowest BCUT2D eigenvalue weighted by Crippen LogP contribution is -2.43. The van der Waals surface area contributed by atoms with Crippen molar-refractivity contribution in [3.8, 4) is 5.75 Å². The van der Waals surface area contributed by atoms with E-state index in [0.29, 0.717) is 17.3 Å². The lowest BCUT2D eigenvalue weighted by Gasteiger charge is -2.40. The maximum absolute atomic E-state index is 11.5. The van der Waals surface area contributed by atoms with Gasteiger partial charge in [0.25, 0.3) is 0 Å². The average molecular weight is 299 g/mol. The molecule has 92 valence electrons. The quantitative estimate of drug-likeness (QED) is 0.881. The second-order valence-corrected chi connectivity index (χ2v) is 5.56. The van der Waals surface area contributed by atoms with Gasteiger partial charge in [-0.2, -0.15) is 0 Å². The predicted octanol–water partition coefficient (Wildman–Crippen LogP) is 3.28. The van der Waals surface area contributed by atoms with Crippen molar-refractivity contribution in [2.75, 3.05) is 0 Å². The van der Waals surface area contributed by atoms with Crippen molar-refractivity contribution < 1.29 is 15.0 Å². The largest absolute Gasteiger partial charge is 0.507 e. The van der Waals surface area contributed by atoms with Gasteiger partial charge in [0, 0.05) is 0 Å². The molecule has 0 unspecified atom stereocenters. The second-order valence-electron chi connectivity index (χ2n) is 4.77. The van der Waals surface area contributed by atoms with Crippen LogP contribution < -0.4 is 0 Å². The summed E-state index contributed by atoms with van der Waals surface area (Å²) in [7, 11) is 0. The summed E-state index contributed by atoms with van der Waals surface area (Å²) in [6.45, 7) is 3.71. The van der Waals surface area contributed by atoms with E-state index < -0.39 is 11.4 Å². The highest BCUT2D eigenvalue weighted by atomic mass is 79.9. The number of benzene rings is 1. The van der Waals surface area contributed by atoms with Crippen molar-refractivity contribution >= 4 is 21.9 Å². The van der Waals surface area contributed by atoms with Crippen molar-refractivity contribution in [1.29, 1.82) is 0 Å². The maximum atomic E-state index is 11.5. The molecule has 2 N–H and O–H groups in total. The summed E-state index contributed by atoms with van der Waals surface area (Å²) in [4.78, 5) is 11.5. The van der Waals surface area contributed by atoms with Gasteiger partial charge < -0.3 is 10.2 Å². The fourth-order valence-electron chi connectivity index (χ4n) is 2.78. The minimum atomic E-state index is -0.757. The standard InChI is InChI=1S/C13H15BrO3/c1-7-6-9(15)11(14)8(2)10(7)13(12(16)17)4-3-5-13/h6,15H,3-5H2,1-2H3,(H,16,17). The number of carboxylic acids is 1. The zero-order chi connectivity index (χ0) is 12.8. The molecule has 0 bridgehead atoms. The number of carbonyl (C=O) groups is 1.